The van der Waals surface area contributed by atoms with Crippen molar-refractivity contribution in [2.24, 2.45) is 0 Å². The molecule has 3 rings (SSSR count). The SMILES string of the molecule is CC(C)c1ccc(NC(=O)COc2cc(O)c3c(c2)OC(C)(C)CC3=O)cc1. The van der Waals surface area contributed by atoms with Crippen molar-refractivity contribution < 1.29 is 24.2 Å². The fraction of sp³-hybridized carbons (Fsp3) is 0.364. The Balaban J connectivity index is 1.65. The van der Waals surface area contributed by atoms with Gasteiger partial charge in [0.25, 0.3) is 5.91 Å². The number of hydrogen-bond donors (Lipinski definition) is 2. The fourth-order valence-electron chi connectivity index (χ4n) is 3.13. The molecule has 0 aromatic heterocycles. The summed E-state index contributed by atoms with van der Waals surface area (Å²) in [5, 5.41) is 12.9. The Kier molecular flexibility index (Phi) is 5.31. The molecule has 0 radical (unpaired) electrons. The minimum atomic E-state index is -0.658. The van der Waals surface area contributed by atoms with E-state index in [4.69, 9.17) is 9.47 Å². The van der Waals surface area contributed by atoms with E-state index in [0.717, 1.165) is 0 Å². The van der Waals surface area contributed by atoms with Crippen molar-refractivity contribution in [1.82, 2.24) is 0 Å². The van der Waals surface area contributed by atoms with E-state index in [2.05, 4.69) is 19.2 Å². The highest BCUT2D eigenvalue weighted by atomic mass is 16.5. The highest BCUT2D eigenvalue weighted by Gasteiger charge is 2.35. The number of benzene rings is 2. The lowest BCUT2D eigenvalue weighted by molar-refractivity contribution is -0.118. The van der Waals surface area contributed by atoms with Gasteiger partial charge in [-0.1, -0.05) is 26.0 Å². The van der Waals surface area contributed by atoms with Crippen LogP contribution in [0.2, 0.25) is 0 Å². The molecule has 28 heavy (non-hydrogen) atoms. The molecule has 1 amide bonds. The monoisotopic (exact) mass is 383 g/mol. The molecule has 1 aliphatic heterocycles. The number of rotatable bonds is 5. The predicted molar refractivity (Wildman–Crippen MR) is 106 cm³/mol. The summed E-state index contributed by atoms with van der Waals surface area (Å²) in [6.45, 7) is 7.58. The summed E-state index contributed by atoms with van der Waals surface area (Å²) in [6.07, 6.45) is 0.186. The average Bonchev–Trinajstić information content (AvgIpc) is 2.58. The molecule has 0 saturated heterocycles. The molecule has 6 heteroatoms. The minimum Gasteiger partial charge on any atom is -0.507 e. The number of aromatic hydroxyl groups is 1. The topological polar surface area (TPSA) is 84.9 Å². The van der Waals surface area contributed by atoms with Crippen LogP contribution in [-0.4, -0.2) is 29.0 Å². The molecule has 0 unspecified atom stereocenters. The maximum Gasteiger partial charge on any atom is 0.262 e. The van der Waals surface area contributed by atoms with Gasteiger partial charge in [0.05, 0.1) is 6.42 Å². The molecule has 6 nitrogen and oxygen atoms in total. The summed E-state index contributed by atoms with van der Waals surface area (Å²) in [6, 6.07) is 10.5. The van der Waals surface area contributed by atoms with Gasteiger partial charge in [0, 0.05) is 17.8 Å². The van der Waals surface area contributed by atoms with Crippen LogP contribution in [0.25, 0.3) is 0 Å². The molecule has 2 aromatic carbocycles. The number of carbonyl (C=O) groups excluding carboxylic acids is 2. The number of phenolic OH excluding ortho intramolecular Hbond substituents is 1. The number of amides is 1. The Bertz CT molecular complexity index is 900. The van der Waals surface area contributed by atoms with Crippen molar-refractivity contribution in [3.8, 4) is 17.2 Å². The first-order valence-electron chi connectivity index (χ1n) is 9.26. The smallest absolute Gasteiger partial charge is 0.262 e. The van der Waals surface area contributed by atoms with Gasteiger partial charge >= 0.3 is 0 Å². The maximum absolute atomic E-state index is 12.2. The molecule has 2 aromatic rings. The van der Waals surface area contributed by atoms with Gasteiger partial charge in [0.2, 0.25) is 0 Å². The second-order valence-electron chi connectivity index (χ2n) is 7.89. The summed E-state index contributed by atoms with van der Waals surface area (Å²) < 4.78 is 11.3. The van der Waals surface area contributed by atoms with Crippen LogP contribution < -0.4 is 14.8 Å². The zero-order valence-corrected chi connectivity index (χ0v) is 16.5. The van der Waals surface area contributed by atoms with Crippen LogP contribution >= 0.6 is 0 Å². The third-order valence-electron chi connectivity index (χ3n) is 4.54. The highest BCUT2D eigenvalue weighted by molar-refractivity contribution is 6.03. The van der Waals surface area contributed by atoms with Crippen LogP contribution in [-0.2, 0) is 4.79 Å². The number of phenols is 1. The van der Waals surface area contributed by atoms with E-state index >= 15 is 0 Å². The van der Waals surface area contributed by atoms with E-state index in [0.29, 0.717) is 11.6 Å². The number of ketones is 1. The Morgan fingerprint density at radius 3 is 2.57 bits per heavy atom. The molecule has 0 aliphatic carbocycles. The Morgan fingerprint density at radius 2 is 1.93 bits per heavy atom. The van der Waals surface area contributed by atoms with Gasteiger partial charge in [0.15, 0.2) is 12.4 Å². The molecule has 148 valence electrons. The molecule has 2 N–H and O–H groups in total. The number of anilines is 1. The lowest BCUT2D eigenvalue weighted by Crippen LogP contribution is -2.35. The Hall–Kier alpha value is -3.02. The van der Waals surface area contributed by atoms with Crippen LogP contribution in [0.4, 0.5) is 5.69 Å². The van der Waals surface area contributed by atoms with E-state index in [1.165, 1.54) is 17.7 Å². The number of hydrogen-bond acceptors (Lipinski definition) is 5. The molecular weight excluding hydrogens is 358 g/mol. The van der Waals surface area contributed by atoms with Crippen molar-refractivity contribution in [2.75, 3.05) is 11.9 Å². The number of ether oxygens (including phenoxy) is 2. The summed E-state index contributed by atoms with van der Waals surface area (Å²) in [4.78, 5) is 24.4. The number of fused-ring (bicyclic) bond motifs is 1. The van der Waals surface area contributed by atoms with Crippen molar-refractivity contribution in [3.63, 3.8) is 0 Å². The van der Waals surface area contributed by atoms with E-state index in [9.17, 15) is 14.7 Å². The standard InChI is InChI=1S/C22H25NO5/c1-13(2)14-5-7-15(8-6-14)23-20(26)12-27-16-9-17(24)21-18(25)11-22(3,4)28-19(21)10-16/h5-10,13,24H,11-12H2,1-4H3,(H,23,26). The van der Waals surface area contributed by atoms with Gasteiger partial charge in [-0.05, 0) is 37.5 Å². The van der Waals surface area contributed by atoms with Crippen LogP contribution in [0.3, 0.4) is 0 Å². The van der Waals surface area contributed by atoms with Crippen LogP contribution in [0.15, 0.2) is 36.4 Å². The van der Waals surface area contributed by atoms with E-state index in [-0.39, 0.29) is 47.5 Å². The van der Waals surface area contributed by atoms with Gasteiger partial charge in [0.1, 0.15) is 28.4 Å². The van der Waals surface area contributed by atoms with Crippen LogP contribution in [0, 0.1) is 0 Å². The van der Waals surface area contributed by atoms with Crippen LogP contribution in [0.5, 0.6) is 17.2 Å². The van der Waals surface area contributed by atoms with E-state index in [1.54, 1.807) is 13.8 Å². The first-order valence-corrected chi connectivity index (χ1v) is 9.26. The average molecular weight is 383 g/mol. The molecule has 0 atom stereocenters. The summed E-state index contributed by atoms with van der Waals surface area (Å²) in [5.74, 6) is 0.222. The molecule has 1 aliphatic rings. The molecular formula is C22H25NO5. The minimum absolute atomic E-state index is 0.154. The lowest BCUT2D eigenvalue weighted by atomic mass is 9.92. The number of Topliss-reactive ketones (excluding diaryl/α,β-unsaturated/α-hetero) is 1. The van der Waals surface area contributed by atoms with E-state index in [1.807, 2.05) is 24.3 Å². The van der Waals surface area contributed by atoms with Gasteiger partial charge in [-0.3, -0.25) is 9.59 Å². The third kappa shape index (κ3) is 4.44. The molecule has 0 saturated carbocycles. The van der Waals surface area contributed by atoms with Gasteiger partial charge < -0.3 is 19.9 Å². The molecule has 1 heterocycles. The maximum atomic E-state index is 12.2. The van der Waals surface area contributed by atoms with Gasteiger partial charge in [-0.15, -0.1) is 0 Å². The summed E-state index contributed by atoms with van der Waals surface area (Å²) >= 11 is 0. The Labute approximate surface area is 164 Å². The zero-order chi connectivity index (χ0) is 20.5. The molecule has 0 spiro atoms. The van der Waals surface area contributed by atoms with Crippen molar-refractivity contribution in [2.45, 2.75) is 45.6 Å². The van der Waals surface area contributed by atoms with E-state index < -0.39 is 5.60 Å². The number of carbonyl (C=O) groups is 2. The third-order valence-corrected chi connectivity index (χ3v) is 4.54. The summed E-state index contributed by atoms with van der Waals surface area (Å²) in [7, 11) is 0. The van der Waals surface area contributed by atoms with Crippen molar-refractivity contribution in [1.29, 1.82) is 0 Å². The normalized spacial score (nSPS) is 15.0. The second kappa shape index (κ2) is 7.54. The predicted octanol–water partition coefficient (Wildman–Crippen LogP) is 4.28. The first kappa shape index (κ1) is 19.7. The lowest BCUT2D eigenvalue weighted by Gasteiger charge is -2.32. The van der Waals surface area contributed by atoms with Crippen molar-refractivity contribution >= 4 is 17.4 Å². The van der Waals surface area contributed by atoms with Gasteiger partial charge in [-0.2, -0.15) is 0 Å². The zero-order valence-electron chi connectivity index (χ0n) is 16.5. The highest BCUT2D eigenvalue weighted by Crippen LogP contribution is 2.40. The quantitative estimate of drug-likeness (QED) is 0.805. The van der Waals surface area contributed by atoms with Crippen LogP contribution in [0.1, 0.15) is 56.0 Å². The Morgan fingerprint density at radius 1 is 1.25 bits per heavy atom. The largest absolute Gasteiger partial charge is 0.507 e. The van der Waals surface area contributed by atoms with Crippen molar-refractivity contribution in [3.05, 3.63) is 47.5 Å². The summed E-state index contributed by atoms with van der Waals surface area (Å²) in [5.41, 5.74) is 1.37. The fourth-order valence-corrected chi connectivity index (χ4v) is 3.13. The van der Waals surface area contributed by atoms with Gasteiger partial charge in [-0.25, -0.2) is 0 Å². The first-order chi connectivity index (χ1) is 13.1. The molecule has 0 fully saturated rings. The molecule has 0 bridgehead atoms. The second-order valence-corrected chi connectivity index (χ2v) is 7.89. The number of nitrogens with one attached hydrogen (secondary N) is 1.